The highest BCUT2D eigenvalue weighted by Gasteiger charge is 2.09. The van der Waals surface area contributed by atoms with Crippen molar-refractivity contribution in [2.24, 2.45) is 0 Å². The maximum Gasteiger partial charge on any atom is 0.123 e. The molecule has 0 aliphatic carbocycles. The highest BCUT2D eigenvalue weighted by molar-refractivity contribution is 9.09. The van der Waals surface area contributed by atoms with Crippen LogP contribution >= 0.6 is 15.9 Å². The summed E-state index contributed by atoms with van der Waals surface area (Å²) in [6, 6.07) is 12.4. The molecule has 16 heavy (non-hydrogen) atoms. The van der Waals surface area contributed by atoms with Crippen molar-refractivity contribution in [1.29, 1.82) is 0 Å². The SMILES string of the molecule is Fc1cccc(C(Br)Cc2ccccn2)c1. The van der Waals surface area contributed by atoms with Gasteiger partial charge >= 0.3 is 0 Å². The van der Waals surface area contributed by atoms with E-state index in [0.717, 1.165) is 17.7 Å². The van der Waals surface area contributed by atoms with Gasteiger partial charge in [-0.2, -0.15) is 0 Å². The lowest BCUT2D eigenvalue weighted by molar-refractivity contribution is 0.625. The van der Waals surface area contributed by atoms with Crippen molar-refractivity contribution in [1.82, 2.24) is 4.98 Å². The Morgan fingerprint density at radius 1 is 1.19 bits per heavy atom. The lowest BCUT2D eigenvalue weighted by Crippen LogP contribution is -1.97. The Hall–Kier alpha value is -1.22. The third-order valence-electron chi connectivity index (χ3n) is 2.32. The second-order valence-electron chi connectivity index (χ2n) is 3.55. The largest absolute Gasteiger partial charge is 0.261 e. The van der Waals surface area contributed by atoms with Gasteiger partial charge in [-0.25, -0.2) is 4.39 Å². The van der Waals surface area contributed by atoms with E-state index < -0.39 is 0 Å². The molecule has 0 saturated carbocycles. The summed E-state index contributed by atoms with van der Waals surface area (Å²) in [5, 5.41) is 0. The van der Waals surface area contributed by atoms with Gasteiger partial charge in [0.05, 0.1) is 0 Å². The second kappa shape index (κ2) is 5.21. The minimum atomic E-state index is -0.206. The van der Waals surface area contributed by atoms with Crippen molar-refractivity contribution in [3.8, 4) is 0 Å². The molecule has 1 aromatic heterocycles. The Kier molecular flexibility index (Phi) is 3.67. The Labute approximate surface area is 102 Å². The summed E-state index contributed by atoms with van der Waals surface area (Å²) in [5.41, 5.74) is 1.93. The van der Waals surface area contributed by atoms with Crippen LogP contribution < -0.4 is 0 Å². The zero-order chi connectivity index (χ0) is 11.4. The predicted molar refractivity (Wildman–Crippen MR) is 66.0 cm³/mol. The average Bonchev–Trinajstić information content (AvgIpc) is 2.30. The second-order valence-corrected chi connectivity index (χ2v) is 4.65. The minimum absolute atomic E-state index is 0.0955. The van der Waals surface area contributed by atoms with Crippen molar-refractivity contribution in [3.05, 3.63) is 65.7 Å². The van der Waals surface area contributed by atoms with Crippen LogP contribution in [0.4, 0.5) is 4.39 Å². The summed E-state index contributed by atoms with van der Waals surface area (Å²) in [5.74, 6) is -0.206. The van der Waals surface area contributed by atoms with Crippen LogP contribution in [0.5, 0.6) is 0 Å². The number of hydrogen-bond donors (Lipinski definition) is 0. The molecule has 1 heterocycles. The first kappa shape index (κ1) is 11.3. The average molecular weight is 280 g/mol. The molecule has 0 N–H and O–H groups in total. The molecule has 1 nitrogen and oxygen atoms in total. The molecule has 0 saturated heterocycles. The van der Waals surface area contributed by atoms with Crippen molar-refractivity contribution < 1.29 is 4.39 Å². The molecule has 0 fully saturated rings. The number of pyridine rings is 1. The van der Waals surface area contributed by atoms with Gasteiger partial charge in [0.15, 0.2) is 0 Å². The molecule has 0 aliphatic heterocycles. The molecule has 1 aromatic carbocycles. The number of alkyl halides is 1. The van der Waals surface area contributed by atoms with E-state index in [4.69, 9.17) is 0 Å². The first-order valence-electron chi connectivity index (χ1n) is 5.05. The van der Waals surface area contributed by atoms with E-state index in [-0.39, 0.29) is 10.6 Å². The fourth-order valence-electron chi connectivity index (χ4n) is 1.52. The van der Waals surface area contributed by atoms with Gasteiger partial charge in [-0.15, -0.1) is 0 Å². The monoisotopic (exact) mass is 279 g/mol. The van der Waals surface area contributed by atoms with Gasteiger partial charge in [0.25, 0.3) is 0 Å². The third-order valence-corrected chi connectivity index (χ3v) is 3.18. The Morgan fingerprint density at radius 2 is 2.06 bits per heavy atom. The quantitative estimate of drug-likeness (QED) is 0.777. The summed E-state index contributed by atoms with van der Waals surface area (Å²) < 4.78 is 13.0. The summed E-state index contributed by atoms with van der Waals surface area (Å²) >= 11 is 3.55. The minimum Gasteiger partial charge on any atom is -0.261 e. The Bertz CT molecular complexity index is 458. The van der Waals surface area contributed by atoms with Crippen LogP contribution in [-0.4, -0.2) is 4.98 Å². The normalized spacial score (nSPS) is 12.4. The molecule has 1 atom stereocenters. The predicted octanol–water partition coefficient (Wildman–Crippen LogP) is 3.90. The van der Waals surface area contributed by atoms with Crippen LogP contribution in [0.2, 0.25) is 0 Å². The lowest BCUT2D eigenvalue weighted by Gasteiger charge is -2.09. The molecule has 82 valence electrons. The Morgan fingerprint density at radius 3 is 2.75 bits per heavy atom. The fraction of sp³-hybridized carbons (Fsp3) is 0.154. The van der Waals surface area contributed by atoms with E-state index in [1.807, 2.05) is 24.3 Å². The van der Waals surface area contributed by atoms with E-state index in [1.54, 1.807) is 18.3 Å². The maximum absolute atomic E-state index is 13.0. The van der Waals surface area contributed by atoms with Crippen LogP contribution in [0.3, 0.4) is 0 Å². The fourth-order valence-corrected chi connectivity index (χ4v) is 2.14. The van der Waals surface area contributed by atoms with Crippen LogP contribution in [0, 0.1) is 5.82 Å². The standard InChI is InChI=1S/C13H11BrFN/c14-13(9-12-6-1-2-7-16-12)10-4-3-5-11(15)8-10/h1-8,13H,9H2. The van der Waals surface area contributed by atoms with Crippen molar-refractivity contribution >= 4 is 15.9 Å². The smallest absolute Gasteiger partial charge is 0.123 e. The number of benzene rings is 1. The summed E-state index contributed by atoms with van der Waals surface area (Å²) in [6.07, 6.45) is 2.52. The third kappa shape index (κ3) is 2.89. The first-order valence-corrected chi connectivity index (χ1v) is 5.97. The van der Waals surface area contributed by atoms with Crippen LogP contribution in [-0.2, 0) is 6.42 Å². The number of halogens is 2. The molecule has 3 heteroatoms. The molecule has 0 amide bonds. The number of hydrogen-bond acceptors (Lipinski definition) is 1. The van der Waals surface area contributed by atoms with E-state index in [9.17, 15) is 4.39 Å². The molecular formula is C13H11BrFN. The topological polar surface area (TPSA) is 12.9 Å². The van der Waals surface area contributed by atoms with Gasteiger partial charge in [0, 0.05) is 23.1 Å². The molecule has 2 aromatic rings. The number of rotatable bonds is 3. The number of nitrogens with zero attached hydrogens (tertiary/aromatic N) is 1. The summed E-state index contributed by atoms with van der Waals surface area (Å²) in [7, 11) is 0. The van der Waals surface area contributed by atoms with E-state index in [2.05, 4.69) is 20.9 Å². The van der Waals surface area contributed by atoms with Crippen LogP contribution in [0.15, 0.2) is 48.7 Å². The van der Waals surface area contributed by atoms with Gasteiger partial charge in [-0.05, 0) is 29.8 Å². The van der Waals surface area contributed by atoms with Gasteiger partial charge in [-0.3, -0.25) is 4.98 Å². The van der Waals surface area contributed by atoms with Gasteiger partial charge in [0.2, 0.25) is 0 Å². The zero-order valence-corrected chi connectivity index (χ0v) is 10.2. The molecular weight excluding hydrogens is 269 g/mol. The zero-order valence-electron chi connectivity index (χ0n) is 8.61. The summed E-state index contributed by atoms with van der Waals surface area (Å²) in [6.45, 7) is 0. The van der Waals surface area contributed by atoms with Gasteiger partial charge in [-0.1, -0.05) is 34.1 Å². The molecule has 1 unspecified atom stereocenters. The van der Waals surface area contributed by atoms with E-state index >= 15 is 0 Å². The molecule has 0 spiro atoms. The van der Waals surface area contributed by atoms with Crippen molar-refractivity contribution in [2.75, 3.05) is 0 Å². The summed E-state index contributed by atoms with van der Waals surface area (Å²) in [4.78, 5) is 4.34. The van der Waals surface area contributed by atoms with E-state index in [0.29, 0.717) is 0 Å². The molecule has 0 bridgehead atoms. The van der Waals surface area contributed by atoms with Gasteiger partial charge in [0.1, 0.15) is 5.82 Å². The van der Waals surface area contributed by atoms with E-state index in [1.165, 1.54) is 6.07 Å². The van der Waals surface area contributed by atoms with Crippen LogP contribution in [0.1, 0.15) is 16.1 Å². The highest BCUT2D eigenvalue weighted by atomic mass is 79.9. The molecule has 2 rings (SSSR count). The lowest BCUT2D eigenvalue weighted by atomic mass is 10.1. The van der Waals surface area contributed by atoms with Crippen molar-refractivity contribution in [3.63, 3.8) is 0 Å². The maximum atomic E-state index is 13.0. The molecule has 0 aliphatic rings. The van der Waals surface area contributed by atoms with Crippen LogP contribution in [0.25, 0.3) is 0 Å². The first-order chi connectivity index (χ1) is 7.75. The number of aromatic nitrogens is 1. The molecule has 0 radical (unpaired) electrons. The van der Waals surface area contributed by atoms with Gasteiger partial charge < -0.3 is 0 Å². The highest BCUT2D eigenvalue weighted by Crippen LogP contribution is 2.26. The Balaban J connectivity index is 2.12. The van der Waals surface area contributed by atoms with Crippen molar-refractivity contribution in [2.45, 2.75) is 11.2 Å².